The number of aliphatic hydroxyl groups excluding tert-OH is 1. The predicted octanol–water partition coefficient (Wildman–Crippen LogP) is 2.00. The van der Waals surface area contributed by atoms with Crippen LogP contribution in [0, 0.1) is 5.82 Å². The van der Waals surface area contributed by atoms with Crippen LogP contribution in [0.2, 0.25) is 0 Å². The van der Waals surface area contributed by atoms with Gasteiger partial charge in [-0.25, -0.2) is 9.18 Å². The van der Waals surface area contributed by atoms with Crippen molar-refractivity contribution in [3.8, 4) is 5.75 Å². The molecule has 1 aromatic carbocycles. The first-order valence-corrected chi connectivity index (χ1v) is 11.2. The second-order valence-electron chi connectivity index (χ2n) is 7.61. The molecule has 3 aliphatic heterocycles. The summed E-state index contributed by atoms with van der Waals surface area (Å²) in [4.78, 5) is 35.2. The molecule has 2 saturated heterocycles. The molecule has 3 heterocycles. The van der Waals surface area contributed by atoms with Crippen LogP contribution in [0.5, 0.6) is 5.75 Å². The van der Waals surface area contributed by atoms with Gasteiger partial charge in [-0.1, -0.05) is 0 Å². The Hall–Kier alpha value is -2.43. The Bertz CT molecular complexity index is 909. The third kappa shape index (κ3) is 5.25. The van der Waals surface area contributed by atoms with Crippen molar-refractivity contribution in [2.24, 2.45) is 4.99 Å². The zero-order chi connectivity index (χ0) is 21.8. The second-order valence-corrected chi connectivity index (χ2v) is 8.62. The summed E-state index contributed by atoms with van der Waals surface area (Å²) in [7, 11) is 0. The fourth-order valence-corrected chi connectivity index (χ4v) is 4.71. The SMILES string of the molecule is O=C1N=C(N2CCN(CCO)CC2)S/C1=C\c1ccc(F)cc1OC(=O)N1CCCC1. The lowest BCUT2D eigenvalue weighted by Crippen LogP contribution is -2.48. The van der Waals surface area contributed by atoms with E-state index in [0.29, 0.717) is 35.3 Å². The summed E-state index contributed by atoms with van der Waals surface area (Å²) >= 11 is 1.27. The zero-order valence-electron chi connectivity index (χ0n) is 17.1. The van der Waals surface area contributed by atoms with E-state index < -0.39 is 11.9 Å². The number of amidine groups is 1. The normalized spacial score (nSPS) is 21.2. The number of nitrogens with zero attached hydrogens (tertiary/aromatic N) is 4. The third-order valence-corrected chi connectivity index (χ3v) is 6.54. The monoisotopic (exact) mass is 448 g/mol. The Morgan fingerprint density at radius 1 is 1.19 bits per heavy atom. The Morgan fingerprint density at radius 2 is 1.94 bits per heavy atom. The van der Waals surface area contributed by atoms with E-state index in [-0.39, 0.29) is 18.3 Å². The van der Waals surface area contributed by atoms with Crippen LogP contribution >= 0.6 is 11.8 Å². The largest absolute Gasteiger partial charge is 0.415 e. The van der Waals surface area contributed by atoms with Gasteiger partial charge in [0.15, 0.2) is 5.17 Å². The fraction of sp³-hybridized carbons (Fsp3) is 0.476. The number of aliphatic imine (C=N–C) groups is 1. The Morgan fingerprint density at radius 3 is 2.65 bits per heavy atom. The van der Waals surface area contributed by atoms with Gasteiger partial charge in [-0.2, -0.15) is 4.99 Å². The number of likely N-dealkylation sites (tertiary alicyclic amines) is 1. The van der Waals surface area contributed by atoms with Gasteiger partial charge in [0.1, 0.15) is 11.6 Å². The molecular formula is C21H25FN4O4S. The van der Waals surface area contributed by atoms with Gasteiger partial charge in [0.05, 0.1) is 11.5 Å². The molecule has 31 heavy (non-hydrogen) atoms. The summed E-state index contributed by atoms with van der Waals surface area (Å²) in [5, 5.41) is 9.71. The number of ether oxygens (including phenoxy) is 1. The number of β-amino-alcohol motifs (C(OH)–C–C–N with tert-alkyl or cyclic N) is 1. The molecule has 0 aromatic heterocycles. The average Bonchev–Trinajstić information content (AvgIpc) is 3.41. The molecule has 0 bridgehead atoms. The van der Waals surface area contributed by atoms with E-state index in [4.69, 9.17) is 9.84 Å². The number of thioether (sulfide) groups is 1. The van der Waals surface area contributed by atoms with E-state index in [1.165, 1.54) is 23.9 Å². The lowest BCUT2D eigenvalue weighted by atomic mass is 10.2. The number of carbonyl (C=O) groups is 2. The molecule has 1 N–H and O–H groups in total. The van der Waals surface area contributed by atoms with Crippen LogP contribution in [0.25, 0.3) is 6.08 Å². The maximum Gasteiger partial charge on any atom is 0.415 e. The highest BCUT2D eigenvalue weighted by Gasteiger charge is 2.29. The number of halogens is 1. The molecule has 2 amide bonds. The molecule has 0 saturated carbocycles. The van der Waals surface area contributed by atoms with Crippen LogP contribution < -0.4 is 4.74 Å². The molecule has 2 fully saturated rings. The third-order valence-electron chi connectivity index (χ3n) is 5.49. The van der Waals surface area contributed by atoms with Crippen molar-refractivity contribution >= 4 is 35.0 Å². The number of amides is 2. The number of aliphatic hydroxyl groups is 1. The first-order chi connectivity index (χ1) is 15.0. The van der Waals surface area contributed by atoms with Crippen molar-refractivity contribution < 1.29 is 23.8 Å². The first-order valence-electron chi connectivity index (χ1n) is 10.4. The molecule has 0 spiro atoms. The number of hydrogen-bond acceptors (Lipinski definition) is 7. The summed E-state index contributed by atoms with van der Waals surface area (Å²) in [6, 6.07) is 3.92. The van der Waals surface area contributed by atoms with Crippen LogP contribution in [0.1, 0.15) is 18.4 Å². The molecule has 4 rings (SSSR count). The summed E-state index contributed by atoms with van der Waals surface area (Å²) < 4.78 is 19.3. The highest BCUT2D eigenvalue weighted by Crippen LogP contribution is 2.33. The molecule has 3 aliphatic rings. The van der Waals surface area contributed by atoms with E-state index >= 15 is 0 Å². The maximum absolute atomic E-state index is 13.8. The minimum atomic E-state index is -0.519. The van der Waals surface area contributed by atoms with Crippen LogP contribution in [0.3, 0.4) is 0 Å². The minimum absolute atomic E-state index is 0.0869. The molecule has 0 radical (unpaired) electrons. The van der Waals surface area contributed by atoms with Crippen LogP contribution in [0.15, 0.2) is 28.1 Å². The van der Waals surface area contributed by atoms with E-state index in [9.17, 15) is 14.0 Å². The lowest BCUT2D eigenvalue weighted by molar-refractivity contribution is -0.113. The van der Waals surface area contributed by atoms with Crippen molar-refractivity contribution in [3.05, 3.63) is 34.5 Å². The highest BCUT2D eigenvalue weighted by molar-refractivity contribution is 8.18. The van der Waals surface area contributed by atoms with Crippen LogP contribution in [0.4, 0.5) is 9.18 Å². The minimum Gasteiger partial charge on any atom is -0.409 e. The molecule has 0 unspecified atom stereocenters. The maximum atomic E-state index is 13.8. The summed E-state index contributed by atoms with van der Waals surface area (Å²) in [5.74, 6) is -0.794. The fourth-order valence-electron chi connectivity index (χ4n) is 3.75. The number of piperazine rings is 1. The van der Waals surface area contributed by atoms with Gasteiger partial charge in [0, 0.05) is 57.4 Å². The van der Waals surface area contributed by atoms with Gasteiger partial charge in [0.2, 0.25) is 0 Å². The van der Waals surface area contributed by atoms with E-state index in [2.05, 4.69) is 14.8 Å². The number of hydrogen-bond donors (Lipinski definition) is 1. The van der Waals surface area contributed by atoms with Crippen molar-refractivity contribution in [1.29, 1.82) is 0 Å². The predicted molar refractivity (Wildman–Crippen MR) is 116 cm³/mol. The van der Waals surface area contributed by atoms with Gasteiger partial charge in [-0.15, -0.1) is 0 Å². The van der Waals surface area contributed by atoms with Crippen molar-refractivity contribution in [2.45, 2.75) is 12.8 Å². The Kier molecular flexibility index (Phi) is 6.89. The average molecular weight is 449 g/mol. The van der Waals surface area contributed by atoms with Gasteiger partial charge in [-0.05, 0) is 42.8 Å². The van der Waals surface area contributed by atoms with Gasteiger partial charge < -0.3 is 19.6 Å². The lowest BCUT2D eigenvalue weighted by Gasteiger charge is -2.34. The summed E-state index contributed by atoms with van der Waals surface area (Å²) in [6.07, 6.45) is 2.94. The summed E-state index contributed by atoms with van der Waals surface area (Å²) in [5.41, 5.74) is 0.453. The first kappa shape index (κ1) is 21.8. The summed E-state index contributed by atoms with van der Waals surface area (Å²) in [6.45, 7) is 5.06. The van der Waals surface area contributed by atoms with Gasteiger partial charge in [0.25, 0.3) is 5.91 Å². The quantitative estimate of drug-likeness (QED) is 0.705. The smallest absolute Gasteiger partial charge is 0.409 e. The van der Waals surface area contributed by atoms with Crippen molar-refractivity contribution in [3.63, 3.8) is 0 Å². The van der Waals surface area contributed by atoms with Crippen LogP contribution in [-0.4, -0.2) is 89.4 Å². The molecule has 0 aliphatic carbocycles. The molecule has 1 aromatic rings. The standard InChI is InChI=1S/C21H25FN4O4S/c22-16-4-3-15(17(14-16)30-21(29)26-5-1-2-6-26)13-18-19(28)23-20(31-18)25-9-7-24(8-10-25)11-12-27/h3-4,13-14,27H,1-2,5-12H2/b18-13-. The molecule has 10 heteroatoms. The van der Waals surface area contributed by atoms with E-state index in [1.807, 2.05) is 0 Å². The van der Waals surface area contributed by atoms with Gasteiger partial charge >= 0.3 is 6.09 Å². The molecule has 166 valence electrons. The Balaban J connectivity index is 1.45. The molecule has 8 nitrogen and oxygen atoms in total. The molecular weight excluding hydrogens is 423 g/mol. The van der Waals surface area contributed by atoms with E-state index in [0.717, 1.165) is 45.1 Å². The zero-order valence-corrected chi connectivity index (χ0v) is 17.9. The number of rotatable bonds is 4. The topological polar surface area (TPSA) is 85.7 Å². The Labute approximate surface area is 184 Å². The van der Waals surface area contributed by atoms with Gasteiger partial charge in [-0.3, -0.25) is 9.69 Å². The second kappa shape index (κ2) is 9.80. The van der Waals surface area contributed by atoms with Crippen molar-refractivity contribution in [2.75, 3.05) is 52.4 Å². The van der Waals surface area contributed by atoms with E-state index in [1.54, 1.807) is 11.0 Å². The highest BCUT2D eigenvalue weighted by atomic mass is 32.2. The van der Waals surface area contributed by atoms with Crippen molar-refractivity contribution in [1.82, 2.24) is 14.7 Å². The van der Waals surface area contributed by atoms with Crippen LogP contribution in [-0.2, 0) is 4.79 Å². The number of carbonyl (C=O) groups excluding carboxylic acids is 2. The number of benzene rings is 1. The molecule has 0 atom stereocenters.